The average molecular weight is 198 g/mol. The molecule has 66 valence electrons. The molecule has 0 spiro atoms. The van der Waals surface area contributed by atoms with Gasteiger partial charge < -0.3 is 4.89 Å². The first-order chi connectivity index (χ1) is 4.67. The van der Waals surface area contributed by atoms with E-state index in [0.29, 0.717) is 0 Å². The van der Waals surface area contributed by atoms with Crippen molar-refractivity contribution in [2.45, 2.75) is 12.3 Å². The first kappa shape index (κ1) is 10.7. The quantitative estimate of drug-likeness (QED) is 0.494. The van der Waals surface area contributed by atoms with Crippen LogP contribution in [0.1, 0.15) is 0 Å². The molecule has 0 fully saturated rings. The van der Waals surface area contributed by atoms with E-state index in [1.54, 1.807) is 0 Å². The molecular weight excluding hydrogens is 198 g/mol. The van der Waals surface area contributed by atoms with Crippen LogP contribution in [0, 0.1) is 0 Å². The second kappa shape index (κ2) is 2.96. The molecule has 0 saturated carbocycles. The molecule has 9 heteroatoms. The molecule has 0 saturated heterocycles. The molecule has 0 aliphatic heterocycles. The molecule has 0 aromatic heterocycles. The van der Waals surface area contributed by atoms with E-state index in [1.807, 2.05) is 0 Å². The number of rotatable bonds is 2. The van der Waals surface area contributed by atoms with E-state index in [2.05, 4.69) is 4.52 Å². The molecule has 0 heterocycles. The van der Waals surface area contributed by atoms with E-state index in [9.17, 15) is 31.4 Å². The van der Waals surface area contributed by atoms with Gasteiger partial charge in [-0.2, -0.15) is 22.0 Å². The Morgan fingerprint density at radius 1 is 1.18 bits per heavy atom. The van der Waals surface area contributed by atoms with Gasteiger partial charge in [0.25, 0.3) is 0 Å². The van der Waals surface area contributed by atoms with Crippen LogP contribution in [0.4, 0.5) is 22.0 Å². The topological polar surface area (TPSA) is 49.4 Å². The van der Waals surface area contributed by atoms with Gasteiger partial charge in [0.1, 0.15) is 0 Å². The average Bonchev–Trinajstić information content (AvgIpc) is 1.56. The zero-order chi connectivity index (χ0) is 9.28. The molecule has 0 amide bonds. The zero-order valence-corrected chi connectivity index (χ0v) is 5.46. The Labute approximate surface area is 57.7 Å². The summed E-state index contributed by atoms with van der Waals surface area (Å²) in [6.45, 7) is 0. The van der Waals surface area contributed by atoms with Crippen LogP contribution >= 0.6 is 8.25 Å². The second-order valence-corrected chi connectivity index (χ2v) is 1.96. The number of hydrogen-bond donors (Lipinski definition) is 0. The third-order valence-corrected chi connectivity index (χ3v) is 0.898. The predicted molar refractivity (Wildman–Crippen MR) is 19.7 cm³/mol. The van der Waals surface area contributed by atoms with Crippen LogP contribution in [0.25, 0.3) is 0 Å². The van der Waals surface area contributed by atoms with Crippen LogP contribution in [0.2, 0.25) is 0 Å². The van der Waals surface area contributed by atoms with Crippen LogP contribution in [0.5, 0.6) is 0 Å². The van der Waals surface area contributed by atoms with Crippen LogP contribution in [0.15, 0.2) is 0 Å². The SMILES string of the molecule is O=[P+]([O-])OC(F)(F)C(F)(F)F. The van der Waals surface area contributed by atoms with Crippen molar-refractivity contribution < 1.29 is 35.9 Å². The van der Waals surface area contributed by atoms with E-state index in [1.165, 1.54) is 0 Å². The van der Waals surface area contributed by atoms with Gasteiger partial charge in [0.2, 0.25) is 0 Å². The third kappa shape index (κ3) is 3.04. The fourth-order valence-electron chi connectivity index (χ4n) is 0.145. The van der Waals surface area contributed by atoms with Crippen molar-refractivity contribution in [3.05, 3.63) is 0 Å². The summed E-state index contributed by atoms with van der Waals surface area (Å²) in [6, 6.07) is 0. The normalized spacial score (nSPS) is 14.9. The summed E-state index contributed by atoms with van der Waals surface area (Å²) in [5.74, 6) is 0. The van der Waals surface area contributed by atoms with Gasteiger partial charge in [-0.3, -0.25) is 0 Å². The lowest BCUT2D eigenvalue weighted by atomic mass is 10.6. The molecule has 1 unspecified atom stereocenters. The van der Waals surface area contributed by atoms with Crippen LogP contribution in [0.3, 0.4) is 0 Å². The Morgan fingerprint density at radius 3 is 1.64 bits per heavy atom. The highest BCUT2D eigenvalue weighted by Crippen LogP contribution is 2.40. The van der Waals surface area contributed by atoms with E-state index in [-0.39, 0.29) is 0 Å². The Bertz CT molecular complexity index is 164. The van der Waals surface area contributed by atoms with Crippen molar-refractivity contribution in [2.24, 2.45) is 0 Å². The third-order valence-electron chi connectivity index (χ3n) is 0.519. The maximum Gasteiger partial charge on any atom is 0.495 e. The van der Waals surface area contributed by atoms with E-state index < -0.39 is 20.5 Å². The molecular formula is C2F5O3P. The van der Waals surface area contributed by atoms with Gasteiger partial charge in [-0.05, 0) is 4.57 Å². The van der Waals surface area contributed by atoms with E-state index in [4.69, 9.17) is 0 Å². The summed E-state index contributed by atoms with van der Waals surface area (Å²) < 4.78 is 67.6. The molecule has 0 aromatic rings. The smallest absolute Gasteiger partial charge is 0.495 e. The van der Waals surface area contributed by atoms with Crippen molar-refractivity contribution in [1.29, 1.82) is 0 Å². The van der Waals surface area contributed by atoms with Gasteiger partial charge in [0, 0.05) is 0 Å². The molecule has 0 radical (unpaired) electrons. The summed E-state index contributed by atoms with van der Waals surface area (Å²) in [4.78, 5) is 9.30. The van der Waals surface area contributed by atoms with Crippen molar-refractivity contribution >= 4 is 8.25 Å². The summed E-state index contributed by atoms with van der Waals surface area (Å²) in [5, 5.41) is 0. The highest BCUT2D eigenvalue weighted by molar-refractivity contribution is 7.30. The van der Waals surface area contributed by atoms with E-state index >= 15 is 0 Å². The van der Waals surface area contributed by atoms with Crippen LogP contribution < -0.4 is 4.89 Å². The Hall–Kier alpha value is -0.330. The highest BCUT2D eigenvalue weighted by Gasteiger charge is 2.63. The Kier molecular flexibility index (Phi) is 2.87. The summed E-state index contributed by atoms with van der Waals surface area (Å²) in [6.07, 6.45) is -11.6. The molecule has 11 heavy (non-hydrogen) atoms. The molecule has 1 atom stereocenters. The van der Waals surface area contributed by atoms with Gasteiger partial charge in [0.05, 0.1) is 0 Å². The van der Waals surface area contributed by atoms with Crippen molar-refractivity contribution in [2.75, 3.05) is 0 Å². The molecule has 0 aromatic carbocycles. The van der Waals surface area contributed by atoms with E-state index in [0.717, 1.165) is 0 Å². The Balaban J connectivity index is 4.34. The highest BCUT2D eigenvalue weighted by atomic mass is 31.1. The minimum absolute atomic E-state index is 2.30. The first-order valence-corrected chi connectivity index (χ1v) is 3.04. The monoisotopic (exact) mass is 198 g/mol. The van der Waals surface area contributed by atoms with Gasteiger partial charge in [-0.1, -0.05) is 4.52 Å². The lowest BCUT2D eigenvalue weighted by Gasteiger charge is -2.12. The maximum atomic E-state index is 11.5. The lowest BCUT2D eigenvalue weighted by molar-refractivity contribution is -0.371. The Morgan fingerprint density at radius 2 is 1.55 bits per heavy atom. The van der Waals surface area contributed by atoms with Crippen molar-refractivity contribution in [1.82, 2.24) is 0 Å². The second-order valence-electron chi connectivity index (χ2n) is 1.33. The summed E-state index contributed by atoms with van der Waals surface area (Å²) in [5.41, 5.74) is 0. The molecule has 0 rings (SSSR count). The standard InChI is InChI=1S/C2F5O3P/c3-1(4,5)2(6,7)10-11(8)9. The molecule has 0 aliphatic carbocycles. The van der Waals surface area contributed by atoms with Gasteiger partial charge >= 0.3 is 20.5 Å². The number of halogens is 5. The molecule has 0 N–H and O–H groups in total. The van der Waals surface area contributed by atoms with Gasteiger partial charge in [0.15, 0.2) is 0 Å². The largest absolute Gasteiger partial charge is 0.566 e. The van der Waals surface area contributed by atoms with Crippen molar-refractivity contribution in [3.8, 4) is 0 Å². The summed E-state index contributed by atoms with van der Waals surface area (Å²) in [7, 11) is -4.22. The van der Waals surface area contributed by atoms with Gasteiger partial charge in [-0.15, -0.1) is 0 Å². The maximum absolute atomic E-state index is 11.5. The fourth-order valence-corrected chi connectivity index (χ4v) is 0.436. The lowest BCUT2D eigenvalue weighted by Crippen LogP contribution is -2.37. The number of hydrogen-bond acceptors (Lipinski definition) is 3. The van der Waals surface area contributed by atoms with Crippen LogP contribution in [-0.2, 0) is 9.09 Å². The summed E-state index contributed by atoms with van der Waals surface area (Å²) >= 11 is 0. The molecule has 0 aliphatic rings. The molecule has 0 bridgehead atoms. The zero-order valence-electron chi connectivity index (χ0n) is 4.56. The predicted octanol–water partition coefficient (Wildman–Crippen LogP) is 1.18. The van der Waals surface area contributed by atoms with Crippen LogP contribution in [-0.4, -0.2) is 12.3 Å². The minimum atomic E-state index is -6.01. The first-order valence-electron chi connectivity index (χ1n) is 1.95. The minimum Gasteiger partial charge on any atom is -0.566 e. The molecule has 3 nitrogen and oxygen atoms in total. The van der Waals surface area contributed by atoms with Crippen molar-refractivity contribution in [3.63, 3.8) is 0 Å². The van der Waals surface area contributed by atoms with Gasteiger partial charge in [-0.25, -0.2) is 0 Å². The number of alkyl halides is 5. The fraction of sp³-hybridized carbons (Fsp3) is 1.00.